The number of ether oxygens (including phenoxy) is 1. The first-order valence-corrected chi connectivity index (χ1v) is 10.4. The van der Waals surface area contributed by atoms with Gasteiger partial charge in [-0.05, 0) is 41.3 Å². The second-order valence-corrected chi connectivity index (χ2v) is 7.57. The standard InChI is InChI=1S/C24H19N3O3S/c28-23(18-8-4-9-19(14-18)26-24(29)21-10-5-13-31-21)27-20-11-12-22(25-15-20)30-16-17-6-2-1-3-7-17/h1-15H,16H2,(H,26,29)(H,27,28). The number of thiophene rings is 1. The van der Waals surface area contributed by atoms with Gasteiger partial charge in [-0.1, -0.05) is 42.5 Å². The molecule has 0 saturated carbocycles. The first-order valence-electron chi connectivity index (χ1n) is 9.56. The summed E-state index contributed by atoms with van der Waals surface area (Å²) in [6, 6.07) is 23.6. The molecule has 0 spiro atoms. The third-order valence-electron chi connectivity index (χ3n) is 4.35. The minimum Gasteiger partial charge on any atom is -0.473 e. The summed E-state index contributed by atoms with van der Waals surface area (Å²) in [7, 11) is 0. The van der Waals surface area contributed by atoms with E-state index in [9.17, 15) is 9.59 Å². The number of pyridine rings is 1. The van der Waals surface area contributed by atoms with Crippen molar-refractivity contribution in [1.29, 1.82) is 0 Å². The Balaban J connectivity index is 1.35. The lowest BCUT2D eigenvalue weighted by Crippen LogP contribution is -2.14. The van der Waals surface area contributed by atoms with Crippen LogP contribution in [0.1, 0.15) is 25.6 Å². The molecular formula is C24H19N3O3S. The molecule has 4 rings (SSSR count). The zero-order chi connectivity index (χ0) is 21.5. The SMILES string of the molecule is O=C(Nc1ccc(OCc2ccccc2)nc1)c1cccc(NC(=O)c2cccs2)c1. The highest BCUT2D eigenvalue weighted by Gasteiger charge is 2.10. The lowest BCUT2D eigenvalue weighted by Gasteiger charge is -2.09. The van der Waals surface area contributed by atoms with Crippen molar-refractivity contribution in [3.8, 4) is 5.88 Å². The molecular weight excluding hydrogens is 410 g/mol. The van der Waals surface area contributed by atoms with Crippen molar-refractivity contribution < 1.29 is 14.3 Å². The largest absolute Gasteiger partial charge is 0.473 e. The molecule has 7 heteroatoms. The molecule has 0 unspecified atom stereocenters. The number of hydrogen-bond acceptors (Lipinski definition) is 5. The fraction of sp³-hybridized carbons (Fsp3) is 0.0417. The number of carbonyl (C=O) groups excluding carboxylic acids is 2. The van der Waals surface area contributed by atoms with Crippen LogP contribution in [0, 0.1) is 0 Å². The Morgan fingerprint density at radius 2 is 1.68 bits per heavy atom. The first-order chi connectivity index (χ1) is 15.2. The maximum Gasteiger partial charge on any atom is 0.265 e. The molecule has 0 aliphatic carbocycles. The normalized spacial score (nSPS) is 10.3. The topological polar surface area (TPSA) is 80.3 Å². The van der Waals surface area contributed by atoms with Crippen LogP contribution in [-0.2, 0) is 6.61 Å². The Labute approximate surface area is 183 Å². The third-order valence-corrected chi connectivity index (χ3v) is 5.22. The smallest absolute Gasteiger partial charge is 0.265 e. The van der Waals surface area contributed by atoms with Gasteiger partial charge in [0.05, 0.1) is 16.8 Å². The molecule has 2 amide bonds. The summed E-state index contributed by atoms with van der Waals surface area (Å²) in [6.07, 6.45) is 1.54. The molecule has 2 heterocycles. The number of amides is 2. The van der Waals surface area contributed by atoms with E-state index in [0.717, 1.165) is 5.56 Å². The predicted molar refractivity (Wildman–Crippen MR) is 122 cm³/mol. The minimum absolute atomic E-state index is 0.206. The Bertz CT molecular complexity index is 1160. The van der Waals surface area contributed by atoms with Crippen LogP contribution in [0.5, 0.6) is 5.88 Å². The lowest BCUT2D eigenvalue weighted by molar-refractivity contribution is 0.101. The zero-order valence-electron chi connectivity index (χ0n) is 16.4. The van der Waals surface area contributed by atoms with Crippen LogP contribution >= 0.6 is 11.3 Å². The highest BCUT2D eigenvalue weighted by molar-refractivity contribution is 7.12. The molecule has 154 valence electrons. The van der Waals surface area contributed by atoms with Crippen LogP contribution < -0.4 is 15.4 Å². The van der Waals surface area contributed by atoms with Crippen molar-refractivity contribution in [3.63, 3.8) is 0 Å². The van der Waals surface area contributed by atoms with Crippen molar-refractivity contribution >= 4 is 34.5 Å². The minimum atomic E-state index is -0.299. The van der Waals surface area contributed by atoms with Crippen LogP contribution in [0.25, 0.3) is 0 Å². The molecule has 0 aliphatic heterocycles. The molecule has 2 aromatic heterocycles. The number of carbonyl (C=O) groups is 2. The van der Waals surface area contributed by atoms with Gasteiger partial charge in [-0.15, -0.1) is 11.3 Å². The van der Waals surface area contributed by atoms with Crippen LogP contribution in [0.2, 0.25) is 0 Å². The van der Waals surface area contributed by atoms with Crippen LogP contribution in [0.4, 0.5) is 11.4 Å². The second-order valence-electron chi connectivity index (χ2n) is 6.63. The van der Waals surface area contributed by atoms with E-state index in [2.05, 4.69) is 15.6 Å². The van der Waals surface area contributed by atoms with Gasteiger partial charge in [0, 0.05) is 17.3 Å². The Morgan fingerprint density at radius 3 is 2.42 bits per heavy atom. The van der Waals surface area contributed by atoms with Crippen molar-refractivity contribution in [3.05, 3.63) is 106 Å². The second kappa shape index (κ2) is 9.69. The average Bonchev–Trinajstić information content (AvgIpc) is 3.35. The Morgan fingerprint density at radius 1 is 0.839 bits per heavy atom. The van der Waals surface area contributed by atoms with Crippen molar-refractivity contribution in [2.45, 2.75) is 6.61 Å². The van der Waals surface area contributed by atoms with Gasteiger partial charge in [0.1, 0.15) is 6.61 Å². The van der Waals surface area contributed by atoms with E-state index in [-0.39, 0.29) is 11.8 Å². The number of nitrogens with zero attached hydrogens (tertiary/aromatic N) is 1. The monoisotopic (exact) mass is 429 g/mol. The molecule has 0 fully saturated rings. The molecule has 0 radical (unpaired) electrons. The van der Waals surface area contributed by atoms with E-state index in [4.69, 9.17) is 4.74 Å². The number of benzene rings is 2. The van der Waals surface area contributed by atoms with E-state index in [1.165, 1.54) is 11.3 Å². The van der Waals surface area contributed by atoms with E-state index in [1.807, 2.05) is 41.8 Å². The maximum absolute atomic E-state index is 12.6. The fourth-order valence-electron chi connectivity index (χ4n) is 2.81. The number of anilines is 2. The van der Waals surface area contributed by atoms with Gasteiger partial charge in [0.25, 0.3) is 11.8 Å². The van der Waals surface area contributed by atoms with Crippen LogP contribution in [0.3, 0.4) is 0 Å². The van der Waals surface area contributed by atoms with Crippen LogP contribution in [-0.4, -0.2) is 16.8 Å². The van der Waals surface area contributed by atoms with Gasteiger partial charge >= 0.3 is 0 Å². The van der Waals surface area contributed by atoms with Crippen LogP contribution in [0.15, 0.2) is 90.4 Å². The van der Waals surface area contributed by atoms with Crippen molar-refractivity contribution in [2.75, 3.05) is 10.6 Å². The van der Waals surface area contributed by atoms with Gasteiger partial charge in [-0.25, -0.2) is 4.98 Å². The van der Waals surface area contributed by atoms with E-state index >= 15 is 0 Å². The summed E-state index contributed by atoms with van der Waals surface area (Å²) in [5.41, 5.74) is 2.57. The summed E-state index contributed by atoms with van der Waals surface area (Å²) in [5.74, 6) is -0.0324. The summed E-state index contributed by atoms with van der Waals surface area (Å²) in [5, 5.41) is 7.44. The molecule has 0 bridgehead atoms. The van der Waals surface area contributed by atoms with Gasteiger partial charge in [0.15, 0.2) is 0 Å². The Kier molecular flexibility index (Phi) is 6.35. The molecule has 6 nitrogen and oxygen atoms in total. The number of hydrogen-bond donors (Lipinski definition) is 2. The zero-order valence-corrected chi connectivity index (χ0v) is 17.3. The highest BCUT2D eigenvalue weighted by atomic mass is 32.1. The van der Waals surface area contributed by atoms with E-state index in [1.54, 1.807) is 48.7 Å². The summed E-state index contributed by atoms with van der Waals surface area (Å²) < 4.78 is 5.66. The number of nitrogens with one attached hydrogen (secondary N) is 2. The summed E-state index contributed by atoms with van der Waals surface area (Å²) >= 11 is 1.36. The van der Waals surface area contributed by atoms with Crippen molar-refractivity contribution in [2.24, 2.45) is 0 Å². The fourth-order valence-corrected chi connectivity index (χ4v) is 3.43. The lowest BCUT2D eigenvalue weighted by atomic mass is 10.2. The van der Waals surface area contributed by atoms with Gasteiger partial charge in [-0.3, -0.25) is 9.59 Å². The average molecular weight is 430 g/mol. The van der Waals surface area contributed by atoms with E-state index < -0.39 is 0 Å². The molecule has 31 heavy (non-hydrogen) atoms. The molecule has 4 aromatic rings. The number of rotatable bonds is 7. The van der Waals surface area contributed by atoms with Crippen molar-refractivity contribution in [1.82, 2.24) is 4.98 Å². The highest BCUT2D eigenvalue weighted by Crippen LogP contribution is 2.17. The molecule has 2 N–H and O–H groups in total. The molecule has 0 aliphatic rings. The molecule has 2 aromatic carbocycles. The van der Waals surface area contributed by atoms with Gasteiger partial charge < -0.3 is 15.4 Å². The Hall–Kier alpha value is -3.97. The summed E-state index contributed by atoms with van der Waals surface area (Å²) in [6.45, 7) is 0.420. The predicted octanol–water partition coefficient (Wildman–Crippen LogP) is 5.23. The quantitative estimate of drug-likeness (QED) is 0.422. The van der Waals surface area contributed by atoms with Gasteiger partial charge in [0.2, 0.25) is 5.88 Å². The maximum atomic E-state index is 12.6. The molecule has 0 saturated heterocycles. The summed E-state index contributed by atoms with van der Waals surface area (Å²) in [4.78, 5) is 29.6. The van der Waals surface area contributed by atoms with Gasteiger partial charge in [-0.2, -0.15) is 0 Å². The first kappa shape index (κ1) is 20.3. The third kappa shape index (κ3) is 5.55. The van der Waals surface area contributed by atoms with E-state index in [0.29, 0.717) is 34.3 Å². The number of aromatic nitrogens is 1. The molecule has 0 atom stereocenters.